The van der Waals surface area contributed by atoms with Gasteiger partial charge in [0.25, 0.3) is 0 Å². The summed E-state index contributed by atoms with van der Waals surface area (Å²) >= 11 is 1.43. The van der Waals surface area contributed by atoms with Gasteiger partial charge in [-0.15, -0.1) is 11.3 Å². The molecule has 5 aromatic rings. The molecule has 0 bridgehead atoms. The maximum absolute atomic E-state index is 15.0. The number of aromatic nitrogens is 5. The van der Waals surface area contributed by atoms with E-state index in [0.29, 0.717) is 45.1 Å². The molecule has 6 rings (SSSR count). The second kappa shape index (κ2) is 9.91. The third-order valence-electron chi connectivity index (χ3n) is 6.06. The molecule has 0 radical (unpaired) electrons. The van der Waals surface area contributed by atoms with Crippen LogP contribution >= 0.6 is 11.3 Å². The lowest BCUT2D eigenvalue weighted by Crippen LogP contribution is -2.25. The van der Waals surface area contributed by atoms with Crippen LogP contribution in [0, 0.1) is 12.7 Å². The van der Waals surface area contributed by atoms with E-state index in [0.717, 1.165) is 15.8 Å². The van der Waals surface area contributed by atoms with E-state index >= 15 is 4.39 Å². The summed E-state index contributed by atoms with van der Waals surface area (Å²) in [5, 5.41) is 3.22. The van der Waals surface area contributed by atoms with Crippen LogP contribution in [0.5, 0.6) is 17.6 Å². The molecule has 13 heteroatoms. The molecule has 0 aliphatic carbocycles. The van der Waals surface area contributed by atoms with E-state index in [1.807, 2.05) is 19.1 Å². The lowest BCUT2D eigenvalue weighted by atomic mass is 10.1. The second-order valence-electron chi connectivity index (χ2n) is 8.75. The molecule has 1 unspecified atom stereocenters. The zero-order valence-electron chi connectivity index (χ0n) is 21.0. The Balaban J connectivity index is 1.23. The minimum absolute atomic E-state index is 0.0793. The number of rotatable bonds is 6. The van der Waals surface area contributed by atoms with Gasteiger partial charge >= 0.3 is 12.1 Å². The Morgan fingerprint density at radius 2 is 1.92 bits per heavy atom. The molecule has 39 heavy (non-hydrogen) atoms. The third kappa shape index (κ3) is 4.72. The molecular weight excluding hydrogens is 527 g/mol. The number of thiazole rings is 1. The first-order valence-corrected chi connectivity index (χ1v) is 12.6. The predicted octanol–water partition coefficient (Wildman–Crippen LogP) is 4.71. The molecule has 11 nitrogen and oxygen atoms in total. The summed E-state index contributed by atoms with van der Waals surface area (Å²) in [4.78, 5) is 33.8. The summed E-state index contributed by atoms with van der Waals surface area (Å²) in [5.41, 5.74) is 4.69. The van der Waals surface area contributed by atoms with E-state index in [1.165, 1.54) is 44.0 Å². The van der Waals surface area contributed by atoms with Crippen LogP contribution in [0.1, 0.15) is 11.1 Å². The zero-order chi connectivity index (χ0) is 27.1. The maximum Gasteiger partial charge on any atom is 0.411 e. The van der Waals surface area contributed by atoms with Gasteiger partial charge in [-0.3, -0.25) is 5.32 Å². The molecule has 1 amide bonds. The monoisotopic (exact) mass is 548 g/mol. The molecule has 0 saturated heterocycles. The second-order valence-corrected chi connectivity index (χ2v) is 9.75. The van der Waals surface area contributed by atoms with Gasteiger partial charge in [0.2, 0.25) is 5.88 Å². The fraction of sp³-hybridized carbons (Fsp3) is 0.231. The van der Waals surface area contributed by atoms with Crippen LogP contribution in [0.15, 0.2) is 36.8 Å². The Kier molecular flexibility index (Phi) is 6.27. The fourth-order valence-electron chi connectivity index (χ4n) is 4.35. The van der Waals surface area contributed by atoms with Crippen LogP contribution in [0.4, 0.5) is 14.9 Å². The molecular formula is C26H21FN6O5S. The number of aryl methyl sites for hydroxylation is 1. The Bertz CT molecular complexity index is 1730. The third-order valence-corrected chi connectivity index (χ3v) is 7.23. The summed E-state index contributed by atoms with van der Waals surface area (Å²) in [5.74, 6) is 0.0452. The normalized spacial score (nSPS) is 14.2. The summed E-state index contributed by atoms with van der Waals surface area (Å²) < 4.78 is 37.1. The molecule has 0 saturated carbocycles. The number of nitrogens with zero attached hydrogens (tertiary/aromatic N) is 5. The van der Waals surface area contributed by atoms with Crippen molar-refractivity contribution in [3.05, 3.63) is 53.7 Å². The molecule has 1 atom stereocenters. The number of amides is 1. The zero-order valence-corrected chi connectivity index (χ0v) is 21.8. The molecule has 0 fully saturated rings. The van der Waals surface area contributed by atoms with Gasteiger partial charge in [-0.2, -0.15) is 0 Å². The summed E-state index contributed by atoms with van der Waals surface area (Å²) in [6.45, 7) is 1.88. The molecule has 198 valence electrons. The average molecular weight is 549 g/mol. The smallest absolute Gasteiger partial charge is 0.411 e. The van der Waals surface area contributed by atoms with Crippen molar-refractivity contribution in [2.24, 2.45) is 0 Å². The fourth-order valence-corrected chi connectivity index (χ4v) is 5.47. The molecule has 3 aromatic heterocycles. The quantitative estimate of drug-likeness (QED) is 0.318. The molecule has 4 heterocycles. The van der Waals surface area contributed by atoms with Crippen molar-refractivity contribution >= 4 is 44.4 Å². The minimum atomic E-state index is -0.710. The van der Waals surface area contributed by atoms with Crippen LogP contribution in [-0.2, 0) is 11.2 Å². The highest BCUT2D eigenvalue weighted by Gasteiger charge is 2.31. The Morgan fingerprint density at radius 1 is 1.10 bits per heavy atom. The molecule has 1 N–H and O–H groups in total. The number of hydrogen-bond donors (Lipinski definition) is 1. The number of benzene rings is 2. The lowest BCUT2D eigenvalue weighted by molar-refractivity contribution is 0.100. The van der Waals surface area contributed by atoms with E-state index < -0.39 is 18.0 Å². The molecule has 2 aromatic carbocycles. The number of hydrogen-bond acceptors (Lipinski definition) is 11. The van der Waals surface area contributed by atoms with Crippen LogP contribution in [0.25, 0.3) is 31.8 Å². The van der Waals surface area contributed by atoms with Crippen LogP contribution in [0.3, 0.4) is 0 Å². The first kappa shape index (κ1) is 24.7. The topological polar surface area (TPSA) is 130 Å². The van der Waals surface area contributed by atoms with Crippen molar-refractivity contribution in [2.45, 2.75) is 19.4 Å². The van der Waals surface area contributed by atoms with Crippen LogP contribution in [0.2, 0.25) is 0 Å². The first-order chi connectivity index (χ1) is 18.9. The Hall–Kier alpha value is -4.65. The highest BCUT2D eigenvalue weighted by Crippen LogP contribution is 2.43. The Labute approximate surface area is 225 Å². The highest BCUT2D eigenvalue weighted by atomic mass is 32.1. The molecule has 0 spiro atoms. The summed E-state index contributed by atoms with van der Waals surface area (Å²) in [7, 11) is 2.98. The van der Waals surface area contributed by atoms with Gasteiger partial charge in [0, 0.05) is 23.6 Å². The summed E-state index contributed by atoms with van der Waals surface area (Å²) in [6, 6.07) is 5.45. The van der Waals surface area contributed by atoms with Crippen LogP contribution in [-0.4, -0.2) is 57.9 Å². The number of halogens is 1. The SMILES string of the molecule is COc1cnc2c(-c3nc4cc(F)c5c(c4s3)CC(COC(=O)Nc3cnc(OC)nc3)O5)cc(C)cc2n1. The van der Waals surface area contributed by atoms with Gasteiger partial charge < -0.3 is 18.9 Å². The number of carbonyl (C=O) groups is 1. The number of anilines is 1. The summed E-state index contributed by atoms with van der Waals surface area (Å²) in [6.07, 6.45) is 3.43. The van der Waals surface area contributed by atoms with E-state index in [1.54, 1.807) is 6.20 Å². The van der Waals surface area contributed by atoms with E-state index in [2.05, 4.69) is 25.3 Å². The largest absolute Gasteiger partial charge is 0.483 e. The molecule has 1 aliphatic rings. The van der Waals surface area contributed by atoms with Gasteiger partial charge in [-0.1, -0.05) is 0 Å². The lowest BCUT2D eigenvalue weighted by Gasteiger charge is -2.12. The van der Waals surface area contributed by atoms with Crippen molar-refractivity contribution in [1.82, 2.24) is 24.9 Å². The predicted molar refractivity (Wildman–Crippen MR) is 141 cm³/mol. The van der Waals surface area contributed by atoms with Crippen molar-refractivity contribution in [2.75, 3.05) is 26.1 Å². The van der Waals surface area contributed by atoms with Crippen molar-refractivity contribution in [3.63, 3.8) is 0 Å². The van der Waals surface area contributed by atoms with Gasteiger partial charge in [0.05, 0.1) is 59.7 Å². The molecule has 1 aliphatic heterocycles. The van der Waals surface area contributed by atoms with E-state index in [4.69, 9.17) is 23.9 Å². The van der Waals surface area contributed by atoms with Gasteiger partial charge in [0.15, 0.2) is 11.6 Å². The van der Waals surface area contributed by atoms with E-state index in [-0.39, 0.29) is 18.4 Å². The standard InChI is InChI=1S/C26H21FN6O5S/c1-12-4-15(21-18(5-12)32-20(35-2)10-28-21)24-33-19-7-17(27)22-16(23(19)39-24)6-14(38-22)11-37-26(34)31-13-8-29-25(36-3)30-9-13/h4-5,7-10,14H,6,11H2,1-3H3,(H,31,34). The average Bonchev–Trinajstić information content (AvgIpc) is 3.56. The number of methoxy groups -OCH3 is 2. The highest BCUT2D eigenvalue weighted by molar-refractivity contribution is 7.22. The van der Waals surface area contributed by atoms with Gasteiger partial charge in [-0.05, 0) is 24.6 Å². The first-order valence-electron chi connectivity index (χ1n) is 11.8. The van der Waals surface area contributed by atoms with Crippen molar-refractivity contribution in [3.8, 4) is 28.2 Å². The number of carbonyl (C=O) groups excluding carboxylic acids is 1. The van der Waals surface area contributed by atoms with Crippen molar-refractivity contribution < 1.29 is 28.1 Å². The maximum atomic E-state index is 15.0. The van der Waals surface area contributed by atoms with Crippen molar-refractivity contribution in [1.29, 1.82) is 0 Å². The number of ether oxygens (including phenoxy) is 4. The van der Waals surface area contributed by atoms with Gasteiger partial charge in [0.1, 0.15) is 17.7 Å². The number of fused-ring (bicyclic) bond motifs is 4. The van der Waals surface area contributed by atoms with E-state index in [9.17, 15) is 4.79 Å². The van der Waals surface area contributed by atoms with Crippen LogP contribution < -0.4 is 19.5 Å². The number of nitrogens with one attached hydrogen (secondary N) is 1. The Morgan fingerprint density at radius 3 is 2.69 bits per heavy atom. The van der Waals surface area contributed by atoms with Gasteiger partial charge in [-0.25, -0.2) is 34.1 Å². The minimum Gasteiger partial charge on any atom is -0.483 e.